The highest BCUT2D eigenvalue weighted by Crippen LogP contribution is 2.76. The predicted molar refractivity (Wildman–Crippen MR) is 160 cm³/mol. The second-order valence-corrected chi connectivity index (χ2v) is 16.6. The number of benzene rings is 4. The lowest BCUT2D eigenvalue weighted by Gasteiger charge is -2.44. The molecule has 3 N–H and O–H groups in total. The Kier molecular flexibility index (Phi) is 7.50. The lowest BCUT2D eigenvalue weighted by Crippen LogP contribution is -2.32. The van der Waals surface area contributed by atoms with Gasteiger partial charge in [-0.1, -0.05) is 121 Å². The average Bonchev–Trinajstić information content (AvgIpc) is 2.88. The average molecular weight is 617 g/mol. The van der Waals surface area contributed by atoms with Crippen LogP contribution < -0.4 is 26.7 Å². The molecule has 34 heavy (non-hydrogen) atoms. The molecule has 0 spiro atoms. The van der Waals surface area contributed by atoms with Crippen LogP contribution in [0.15, 0.2) is 130 Å². The Morgan fingerprint density at radius 3 is 1.26 bits per heavy atom. The van der Waals surface area contributed by atoms with Crippen LogP contribution in [0.2, 0.25) is 0 Å². The van der Waals surface area contributed by atoms with E-state index in [0.29, 0.717) is 0 Å². The quantitative estimate of drug-likeness (QED) is 0.201. The molecule has 0 saturated carbocycles. The summed E-state index contributed by atoms with van der Waals surface area (Å²) in [5.41, 5.74) is 6.85. The predicted octanol–water partition coefficient (Wildman–Crippen LogP) is 6.57. The van der Waals surface area contributed by atoms with Crippen LogP contribution in [0.3, 0.4) is 0 Å². The minimum absolute atomic E-state index is 0. The van der Waals surface area contributed by atoms with Gasteiger partial charge in [0, 0.05) is 28.3 Å². The molecule has 174 valence electrons. The molecule has 1 heterocycles. The minimum atomic E-state index is -3.12. The highest BCUT2D eigenvalue weighted by Gasteiger charge is 2.44. The molecule has 4 aromatic rings. The monoisotopic (exact) mass is 617 g/mol. The maximum Gasteiger partial charge on any atom is 0.209 e. The molecular weight excluding hydrogens is 590 g/mol. The van der Waals surface area contributed by atoms with Crippen molar-refractivity contribution in [2.24, 2.45) is 14.5 Å². The van der Waals surface area contributed by atoms with Gasteiger partial charge in [-0.15, -0.1) is 24.0 Å². The molecule has 0 aromatic heterocycles. The van der Waals surface area contributed by atoms with Crippen molar-refractivity contribution in [1.82, 2.24) is 4.44 Å². The van der Waals surface area contributed by atoms with Crippen LogP contribution in [0.4, 0.5) is 0 Å². The zero-order chi connectivity index (χ0) is 22.9. The van der Waals surface area contributed by atoms with E-state index in [2.05, 4.69) is 48.5 Å². The fourth-order valence-corrected chi connectivity index (χ4v) is 17.6. The molecule has 0 aliphatic carbocycles. The maximum atomic E-state index is 9.38. The van der Waals surface area contributed by atoms with E-state index in [4.69, 9.17) is 14.5 Å². The zero-order valence-electron chi connectivity index (χ0n) is 18.7. The summed E-state index contributed by atoms with van der Waals surface area (Å²) in [5.74, 6) is 0. The van der Waals surface area contributed by atoms with Gasteiger partial charge in [-0.2, -0.15) is 0 Å². The van der Waals surface area contributed by atoms with E-state index in [1.165, 1.54) is 0 Å². The highest BCUT2D eigenvalue weighted by atomic mass is 127. The molecule has 1 atom stereocenters. The van der Waals surface area contributed by atoms with Gasteiger partial charge in [0.05, 0.1) is 0 Å². The van der Waals surface area contributed by atoms with E-state index < -0.39 is 21.9 Å². The molecular formula is C25H27IN5P3. The van der Waals surface area contributed by atoms with Gasteiger partial charge in [0.25, 0.3) is 0 Å². The Labute approximate surface area is 218 Å². The van der Waals surface area contributed by atoms with Crippen LogP contribution in [0, 0.1) is 5.16 Å². The molecule has 4 aromatic carbocycles. The lowest BCUT2D eigenvalue weighted by molar-refractivity contribution is 0.860. The summed E-state index contributed by atoms with van der Waals surface area (Å²) in [6.07, 6.45) is 0. The molecule has 0 saturated heterocycles. The normalized spacial score (nSPS) is 20.9. The van der Waals surface area contributed by atoms with Crippen molar-refractivity contribution < 1.29 is 0 Å². The molecule has 5 rings (SSSR count). The Morgan fingerprint density at radius 2 is 0.912 bits per heavy atom. The van der Waals surface area contributed by atoms with Crippen molar-refractivity contribution >= 4 is 67.1 Å². The summed E-state index contributed by atoms with van der Waals surface area (Å²) in [4.78, 5) is 0. The van der Waals surface area contributed by atoms with Gasteiger partial charge in [-0.05, 0) is 0 Å². The number of nitrogens with zero attached hydrogens (tertiary/aromatic N) is 3. The van der Waals surface area contributed by atoms with Gasteiger partial charge in [0.2, 0.25) is 7.51 Å². The van der Waals surface area contributed by atoms with Crippen LogP contribution in [-0.4, -0.2) is 11.5 Å². The van der Waals surface area contributed by atoms with Crippen molar-refractivity contribution in [3.63, 3.8) is 0 Å². The molecule has 0 bridgehead atoms. The number of halogens is 1. The van der Waals surface area contributed by atoms with Crippen LogP contribution in [0.1, 0.15) is 0 Å². The number of hydrogen-bond donors (Lipinski definition) is 2. The molecule has 0 fully saturated rings. The van der Waals surface area contributed by atoms with E-state index in [-0.39, 0.29) is 24.0 Å². The summed E-state index contributed by atoms with van der Waals surface area (Å²) < 4.78 is 13.0. The van der Waals surface area contributed by atoms with E-state index in [0.717, 1.165) is 21.2 Å². The van der Waals surface area contributed by atoms with Crippen LogP contribution in [0.5, 0.6) is 0 Å². The van der Waals surface area contributed by atoms with Crippen molar-refractivity contribution in [2.75, 3.05) is 7.05 Å². The molecule has 0 radical (unpaired) electrons. The third-order valence-electron chi connectivity index (χ3n) is 5.85. The SMILES string of the molecule is CN1P(=N)(N)N=P(c2ccccc2)(c2ccccc2)N=P1(c1ccccc1)c1ccccc1.I. The van der Waals surface area contributed by atoms with Crippen molar-refractivity contribution in [3.8, 4) is 0 Å². The van der Waals surface area contributed by atoms with E-state index in [1.54, 1.807) is 0 Å². The molecule has 5 nitrogen and oxygen atoms in total. The van der Waals surface area contributed by atoms with E-state index in [9.17, 15) is 5.16 Å². The van der Waals surface area contributed by atoms with Crippen LogP contribution >= 0.6 is 45.9 Å². The second-order valence-electron chi connectivity index (χ2n) is 7.86. The summed E-state index contributed by atoms with van der Waals surface area (Å²) in [7, 11) is -6.50. The van der Waals surface area contributed by atoms with Gasteiger partial charge in [-0.3, -0.25) is 10.7 Å². The van der Waals surface area contributed by atoms with Gasteiger partial charge < -0.3 is 0 Å². The van der Waals surface area contributed by atoms with Crippen molar-refractivity contribution in [3.05, 3.63) is 121 Å². The van der Waals surface area contributed by atoms with Gasteiger partial charge >= 0.3 is 0 Å². The number of hydrogen-bond acceptors (Lipinski definition) is 2. The van der Waals surface area contributed by atoms with Gasteiger partial charge in [0.15, 0.2) is 0 Å². The third kappa shape index (κ3) is 4.22. The molecule has 0 amide bonds. The minimum Gasteiger partial charge on any atom is -0.271 e. The highest BCUT2D eigenvalue weighted by molar-refractivity contribution is 14.0. The Hall–Kier alpha value is -1.78. The van der Waals surface area contributed by atoms with Crippen molar-refractivity contribution in [1.29, 1.82) is 5.16 Å². The van der Waals surface area contributed by atoms with Crippen LogP contribution in [0.25, 0.3) is 0 Å². The molecule has 9 heteroatoms. The number of nitrogens with one attached hydrogen (secondary N) is 1. The van der Waals surface area contributed by atoms with E-state index >= 15 is 0 Å². The smallest absolute Gasteiger partial charge is 0.209 e. The topological polar surface area (TPSA) is 77.8 Å². The van der Waals surface area contributed by atoms with Crippen molar-refractivity contribution in [2.45, 2.75) is 0 Å². The first-order valence-electron chi connectivity index (χ1n) is 10.7. The summed E-state index contributed by atoms with van der Waals surface area (Å²) >= 11 is 0. The Morgan fingerprint density at radius 1 is 0.588 bits per heavy atom. The third-order valence-corrected chi connectivity index (χ3v) is 17.4. The summed E-state index contributed by atoms with van der Waals surface area (Å²) in [6.45, 7) is 0. The molecule has 1 unspecified atom stereocenters. The maximum absolute atomic E-state index is 9.38. The molecule has 1 aliphatic rings. The lowest BCUT2D eigenvalue weighted by atomic mass is 10.4. The number of rotatable bonds is 4. The first kappa shape index (κ1) is 25.3. The Balaban J connectivity index is 0.00000274. The number of nitrogens with two attached hydrogens (primary N) is 1. The standard InChI is InChI=1S/C25H26N5P3.HI/c1-30-32(24-18-10-4-11-19-24,25-20-12-5-13-21-25)28-31(29-33(30,26)27,22-14-6-2-7-15-22)23-16-8-3-9-17-23;/h2-21H,1H3,(H3,26,27);1H. The zero-order valence-corrected chi connectivity index (χ0v) is 23.7. The van der Waals surface area contributed by atoms with Crippen LogP contribution in [-0.2, 0) is 0 Å². The summed E-state index contributed by atoms with van der Waals surface area (Å²) in [6, 6.07) is 41.1. The molecule has 1 aliphatic heterocycles. The summed E-state index contributed by atoms with van der Waals surface area (Å²) in [5, 5.41) is 13.6. The fraction of sp³-hybridized carbons (Fsp3) is 0.0400. The fourth-order valence-electron chi connectivity index (χ4n) is 4.20. The first-order chi connectivity index (χ1) is 16.0. The Bertz CT molecular complexity index is 1340. The van der Waals surface area contributed by atoms with E-state index in [1.807, 2.05) is 84.3 Å². The first-order valence-corrected chi connectivity index (χ1v) is 15.8. The second kappa shape index (κ2) is 10.1. The van der Waals surface area contributed by atoms with Gasteiger partial charge in [0.1, 0.15) is 14.4 Å². The largest absolute Gasteiger partial charge is 0.271 e. The van der Waals surface area contributed by atoms with Gasteiger partial charge in [-0.25, -0.2) is 13.5 Å².